The first-order chi connectivity index (χ1) is 14.1. The molecule has 0 unspecified atom stereocenters. The molecule has 3 rings (SSSR count). The van der Waals surface area contributed by atoms with Crippen molar-refractivity contribution in [2.24, 2.45) is 0 Å². The maximum Gasteiger partial charge on any atom is 0.230 e. The molecule has 0 atom stereocenters. The van der Waals surface area contributed by atoms with E-state index in [9.17, 15) is 9.18 Å². The van der Waals surface area contributed by atoms with Gasteiger partial charge in [0.25, 0.3) is 0 Å². The van der Waals surface area contributed by atoms with Gasteiger partial charge < -0.3 is 5.32 Å². The van der Waals surface area contributed by atoms with Gasteiger partial charge in [-0.25, -0.2) is 4.39 Å². The number of hydrogen-bond donors (Lipinski definition) is 1. The first-order valence-corrected chi connectivity index (χ1v) is 10.8. The minimum atomic E-state index is -0.363. The topological polar surface area (TPSA) is 59.8 Å². The Morgan fingerprint density at radius 2 is 1.86 bits per heavy atom. The molecule has 1 heterocycles. The van der Waals surface area contributed by atoms with Crippen LogP contribution >= 0.6 is 11.8 Å². The molecule has 0 aliphatic carbocycles. The van der Waals surface area contributed by atoms with E-state index < -0.39 is 0 Å². The molecule has 0 fully saturated rings. The molecule has 1 aromatic heterocycles. The fourth-order valence-corrected chi connectivity index (χ4v) is 3.67. The molecule has 0 radical (unpaired) electrons. The molecule has 1 N–H and O–H groups in total. The summed E-state index contributed by atoms with van der Waals surface area (Å²) in [4.78, 5) is 12.2. The number of aromatic nitrogens is 3. The molecule has 0 bridgehead atoms. The monoisotopic (exact) mass is 412 g/mol. The highest BCUT2D eigenvalue weighted by Gasteiger charge is 2.19. The summed E-state index contributed by atoms with van der Waals surface area (Å²) in [5, 5.41) is 12.0. The second-order valence-electron chi connectivity index (χ2n) is 6.80. The number of amides is 1. The van der Waals surface area contributed by atoms with E-state index in [0.717, 1.165) is 30.5 Å². The van der Waals surface area contributed by atoms with E-state index in [1.54, 1.807) is 22.8 Å². The molecule has 2 aromatic carbocycles. The first-order valence-electron chi connectivity index (χ1n) is 9.77. The van der Waals surface area contributed by atoms with Crippen molar-refractivity contribution in [3.63, 3.8) is 0 Å². The minimum absolute atomic E-state index is 0.0444. The summed E-state index contributed by atoms with van der Waals surface area (Å²) in [5.74, 6) is 0.237. The zero-order valence-electron chi connectivity index (χ0n) is 16.7. The van der Waals surface area contributed by atoms with Gasteiger partial charge in [0, 0.05) is 12.2 Å². The maximum atomic E-state index is 14.4. The lowest BCUT2D eigenvalue weighted by Crippen LogP contribution is -2.26. The Kier molecular flexibility index (Phi) is 7.41. The van der Waals surface area contributed by atoms with Gasteiger partial charge in [-0.3, -0.25) is 9.36 Å². The average molecular weight is 413 g/mol. The molecule has 152 valence electrons. The largest absolute Gasteiger partial charge is 0.355 e. The average Bonchev–Trinajstić information content (AvgIpc) is 3.14. The highest BCUT2D eigenvalue weighted by molar-refractivity contribution is 7.99. The Hall–Kier alpha value is -2.67. The number of carbonyl (C=O) groups is 1. The summed E-state index contributed by atoms with van der Waals surface area (Å²) in [6.45, 7) is 4.81. The zero-order chi connectivity index (χ0) is 20.6. The van der Waals surface area contributed by atoms with Gasteiger partial charge in [-0.2, -0.15) is 0 Å². The van der Waals surface area contributed by atoms with Gasteiger partial charge in [-0.05, 0) is 37.6 Å². The Morgan fingerprint density at radius 3 is 2.59 bits per heavy atom. The number of thioether (sulfide) groups is 1. The van der Waals surface area contributed by atoms with Gasteiger partial charge in [0.2, 0.25) is 5.91 Å². The zero-order valence-corrected chi connectivity index (χ0v) is 17.5. The normalized spacial score (nSPS) is 10.9. The van der Waals surface area contributed by atoms with Gasteiger partial charge >= 0.3 is 0 Å². The third-order valence-electron chi connectivity index (χ3n) is 4.48. The van der Waals surface area contributed by atoms with Crippen LogP contribution in [0, 0.1) is 12.7 Å². The van der Waals surface area contributed by atoms with Crippen molar-refractivity contribution >= 4 is 17.7 Å². The number of unbranched alkanes of at least 4 members (excludes halogenated alkanes) is 2. The molecular weight excluding hydrogens is 387 g/mol. The van der Waals surface area contributed by atoms with E-state index in [4.69, 9.17) is 0 Å². The molecule has 7 heteroatoms. The molecule has 29 heavy (non-hydrogen) atoms. The summed E-state index contributed by atoms with van der Waals surface area (Å²) in [7, 11) is 0. The van der Waals surface area contributed by atoms with Crippen LogP contribution in [0.5, 0.6) is 0 Å². The maximum absolute atomic E-state index is 14.4. The van der Waals surface area contributed by atoms with Crippen LogP contribution < -0.4 is 5.32 Å². The van der Waals surface area contributed by atoms with Crippen LogP contribution in [0.1, 0.15) is 31.7 Å². The standard InChI is InChI=1S/C22H25FN4OS/c1-3-4-7-14-24-20(28)15-29-22-26-25-21(18-8-5-6-9-19(18)23)27(22)17-12-10-16(2)11-13-17/h5-6,8-13H,3-4,7,14-15H2,1-2H3,(H,24,28). The van der Waals surface area contributed by atoms with Crippen LogP contribution in [0.4, 0.5) is 4.39 Å². The summed E-state index contributed by atoms with van der Waals surface area (Å²) in [6.07, 6.45) is 3.19. The van der Waals surface area contributed by atoms with Gasteiger partial charge in [0.15, 0.2) is 11.0 Å². The van der Waals surface area contributed by atoms with Crippen LogP contribution in [0.15, 0.2) is 53.7 Å². The lowest BCUT2D eigenvalue weighted by Gasteiger charge is -2.11. The molecule has 3 aromatic rings. The highest BCUT2D eigenvalue weighted by Crippen LogP contribution is 2.29. The van der Waals surface area contributed by atoms with Crippen molar-refractivity contribution in [3.8, 4) is 17.1 Å². The quantitative estimate of drug-likeness (QED) is 0.406. The van der Waals surface area contributed by atoms with Crippen molar-refractivity contribution in [1.29, 1.82) is 0 Å². The molecule has 1 amide bonds. The molecule has 0 saturated heterocycles. The SMILES string of the molecule is CCCCCNC(=O)CSc1nnc(-c2ccccc2F)n1-c1ccc(C)cc1. The fourth-order valence-electron chi connectivity index (χ4n) is 2.89. The first kappa shape index (κ1) is 21.0. The number of halogens is 1. The highest BCUT2D eigenvalue weighted by atomic mass is 32.2. The summed E-state index contributed by atoms with van der Waals surface area (Å²) in [5.41, 5.74) is 2.32. The summed E-state index contributed by atoms with van der Waals surface area (Å²) >= 11 is 1.29. The number of rotatable bonds is 9. The molecule has 5 nitrogen and oxygen atoms in total. The summed E-state index contributed by atoms with van der Waals surface area (Å²) < 4.78 is 16.2. The predicted octanol–water partition coefficient (Wildman–Crippen LogP) is 4.78. The van der Waals surface area contributed by atoms with Crippen molar-refractivity contribution in [2.75, 3.05) is 12.3 Å². The van der Waals surface area contributed by atoms with E-state index in [-0.39, 0.29) is 17.5 Å². The van der Waals surface area contributed by atoms with E-state index >= 15 is 0 Å². The molecule has 0 spiro atoms. The Balaban J connectivity index is 1.85. The van der Waals surface area contributed by atoms with E-state index in [0.29, 0.717) is 23.1 Å². The fraction of sp³-hybridized carbons (Fsp3) is 0.318. The Labute approximate surface area is 174 Å². The second kappa shape index (κ2) is 10.2. The lowest BCUT2D eigenvalue weighted by atomic mass is 10.2. The number of hydrogen-bond acceptors (Lipinski definition) is 4. The van der Waals surface area contributed by atoms with E-state index in [2.05, 4.69) is 22.4 Å². The number of benzene rings is 2. The molecular formula is C22H25FN4OS. The van der Waals surface area contributed by atoms with Crippen molar-refractivity contribution < 1.29 is 9.18 Å². The minimum Gasteiger partial charge on any atom is -0.355 e. The van der Waals surface area contributed by atoms with Crippen LogP contribution in [-0.2, 0) is 4.79 Å². The number of aryl methyl sites for hydroxylation is 1. The van der Waals surface area contributed by atoms with E-state index in [1.165, 1.54) is 17.8 Å². The lowest BCUT2D eigenvalue weighted by molar-refractivity contribution is -0.118. The van der Waals surface area contributed by atoms with Crippen LogP contribution in [0.25, 0.3) is 17.1 Å². The van der Waals surface area contributed by atoms with Crippen molar-refractivity contribution in [3.05, 3.63) is 59.9 Å². The number of nitrogens with zero attached hydrogens (tertiary/aromatic N) is 3. The van der Waals surface area contributed by atoms with Gasteiger partial charge in [0.05, 0.1) is 11.3 Å². The smallest absolute Gasteiger partial charge is 0.230 e. The summed E-state index contributed by atoms with van der Waals surface area (Å²) in [6, 6.07) is 14.3. The third kappa shape index (κ3) is 5.44. The predicted molar refractivity (Wildman–Crippen MR) is 115 cm³/mol. The van der Waals surface area contributed by atoms with Crippen LogP contribution in [0.2, 0.25) is 0 Å². The third-order valence-corrected chi connectivity index (χ3v) is 5.40. The van der Waals surface area contributed by atoms with Crippen molar-refractivity contribution in [2.45, 2.75) is 38.3 Å². The number of carbonyl (C=O) groups excluding carboxylic acids is 1. The molecule has 0 aliphatic heterocycles. The van der Waals surface area contributed by atoms with Gasteiger partial charge in [0.1, 0.15) is 5.82 Å². The number of nitrogens with one attached hydrogen (secondary N) is 1. The van der Waals surface area contributed by atoms with Gasteiger partial charge in [-0.15, -0.1) is 10.2 Å². The second-order valence-corrected chi connectivity index (χ2v) is 7.75. The van der Waals surface area contributed by atoms with Crippen LogP contribution in [0.3, 0.4) is 0 Å². The Bertz CT molecular complexity index is 956. The van der Waals surface area contributed by atoms with Crippen LogP contribution in [-0.4, -0.2) is 33.0 Å². The van der Waals surface area contributed by atoms with E-state index in [1.807, 2.05) is 31.2 Å². The molecule has 0 saturated carbocycles. The van der Waals surface area contributed by atoms with Crippen molar-refractivity contribution in [1.82, 2.24) is 20.1 Å². The Morgan fingerprint density at radius 1 is 1.10 bits per heavy atom. The molecule has 0 aliphatic rings. The van der Waals surface area contributed by atoms with Gasteiger partial charge in [-0.1, -0.05) is 61.4 Å².